The summed E-state index contributed by atoms with van der Waals surface area (Å²) in [6, 6.07) is 16.5. The van der Waals surface area contributed by atoms with Crippen LogP contribution in [0, 0.1) is 0 Å². The van der Waals surface area contributed by atoms with E-state index in [9.17, 15) is 9.59 Å². The number of nitrogens with one attached hydrogen (secondary N) is 1. The number of anilines is 2. The van der Waals surface area contributed by atoms with Gasteiger partial charge in [0.15, 0.2) is 5.54 Å². The van der Waals surface area contributed by atoms with Gasteiger partial charge < -0.3 is 10.1 Å². The van der Waals surface area contributed by atoms with E-state index in [1.165, 1.54) is 4.90 Å². The molecule has 1 aliphatic heterocycles. The quantitative estimate of drug-likeness (QED) is 0.605. The molecular formula is C20H18Br2N2O3. The van der Waals surface area contributed by atoms with Crippen molar-refractivity contribution in [1.29, 1.82) is 0 Å². The molecule has 1 amide bonds. The largest absolute Gasteiger partial charge is 0.464 e. The Labute approximate surface area is 174 Å². The second-order valence-corrected chi connectivity index (χ2v) is 7.80. The summed E-state index contributed by atoms with van der Waals surface area (Å²) >= 11 is 6.88. The number of hydrogen-bond donors (Lipinski definition) is 1. The number of carbonyl (C=O) groups is 2. The lowest BCUT2D eigenvalue weighted by atomic mass is 10.0. The van der Waals surface area contributed by atoms with Crippen molar-refractivity contribution in [3.8, 4) is 0 Å². The molecule has 1 heterocycles. The highest BCUT2D eigenvalue weighted by Gasteiger charge is 2.54. The van der Waals surface area contributed by atoms with E-state index in [1.54, 1.807) is 26.0 Å². The zero-order valence-corrected chi connectivity index (χ0v) is 18.0. The normalized spacial score (nSPS) is 19.4. The first-order valence-corrected chi connectivity index (χ1v) is 9.97. The molecule has 0 spiro atoms. The summed E-state index contributed by atoms with van der Waals surface area (Å²) in [4.78, 5) is 27.6. The average molecular weight is 494 g/mol. The molecule has 0 aromatic heterocycles. The van der Waals surface area contributed by atoms with E-state index in [4.69, 9.17) is 4.74 Å². The molecule has 140 valence electrons. The Kier molecular flexibility index (Phi) is 5.72. The van der Waals surface area contributed by atoms with Crippen LogP contribution in [-0.2, 0) is 14.3 Å². The van der Waals surface area contributed by atoms with E-state index < -0.39 is 11.5 Å². The summed E-state index contributed by atoms with van der Waals surface area (Å²) in [6.07, 6.45) is 0. The Morgan fingerprint density at radius 1 is 1.11 bits per heavy atom. The fourth-order valence-electron chi connectivity index (χ4n) is 2.94. The topological polar surface area (TPSA) is 58.6 Å². The second-order valence-electron chi connectivity index (χ2n) is 6.09. The number of hydrogen-bond acceptors (Lipinski definition) is 4. The van der Waals surface area contributed by atoms with E-state index in [1.807, 2.05) is 42.5 Å². The highest BCUT2D eigenvalue weighted by molar-refractivity contribution is 9.12. The van der Waals surface area contributed by atoms with E-state index >= 15 is 0 Å². The molecule has 2 aromatic carbocycles. The third-order valence-corrected chi connectivity index (χ3v) is 6.01. The number of halogens is 2. The van der Waals surface area contributed by atoms with Crippen LogP contribution < -0.4 is 10.2 Å². The minimum Gasteiger partial charge on any atom is -0.464 e. The summed E-state index contributed by atoms with van der Waals surface area (Å²) < 4.78 is 6.65. The number of carbonyl (C=O) groups excluding carboxylic acids is 2. The maximum atomic E-state index is 13.3. The molecule has 2 aromatic rings. The van der Waals surface area contributed by atoms with E-state index in [-0.39, 0.29) is 12.5 Å². The van der Waals surface area contributed by atoms with Crippen molar-refractivity contribution >= 4 is 55.1 Å². The zero-order valence-electron chi connectivity index (χ0n) is 14.8. The summed E-state index contributed by atoms with van der Waals surface area (Å²) in [5.74, 6) is -0.812. The Morgan fingerprint density at radius 2 is 1.74 bits per heavy atom. The molecule has 0 aliphatic carbocycles. The number of rotatable bonds is 5. The van der Waals surface area contributed by atoms with Crippen molar-refractivity contribution < 1.29 is 14.3 Å². The van der Waals surface area contributed by atoms with Gasteiger partial charge in [-0.3, -0.25) is 9.69 Å². The molecule has 27 heavy (non-hydrogen) atoms. The zero-order chi connectivity index (χ0) is 19.6. The molecule has 1 N–H and O–H groups in total. The molecule has 0 fully saturated rings. The predicted octanol–water partition coefficient (Wildman–Crippen LogP) is 4.84. The monoisotopic (exact) mass is 492 g/mol. The molecule has 7 heteroatoms. The van der Waals surface area contributed by atoms with Crippen LogP contribution in [0.5, 0.6) is 0 Å². The Morgan fingerprint density at radius 3 is 2.33 bits per heavy atom. The van der Waals surface area contributed by atoms with E-state index in [0.717, 1.165) is 10.2 Å². The molecule has 0 saturated carbocycles. The molecule has 3 rings (SSSR count). The summed E-state index contributed by atoms with van der Waals surface area (Å²) in [7, 11) is 0. The van der Waals surface area contributed by atoms with Crippen molar-refractivity contribution in [2.45, 2.75) is 19.4 Å². The Balaban J connectivity index is 2.07. The van der Waals surface area contributed by atoms with Crippen molar-refractivity contribution in [2.24, 2.45) is 0 Å². The van der Waals surface area contributed by atoms with Crippen LogP contribution in [0.2, 0.25) is 0 Å². The standard InChI is InChI=1S/C20H18Br2N2O3/c1-3-27-19(26)20(2)17(22)16(23-14-11-9-13(21)10-12-14)18(25)24(20)15-7-5-4-6-8-15/h4-12,23H,3H2,1-2H3/t20-/m1/s1. The van der Waals surface area contributed by atoms with Gasteiger partial charge in [-0.1, -0.05) is 34.1 Å². The fraction of sp³-hybridized carbons (Fsp3) is 0.200. The van der Waals surface area contributed by atoms with Crippen LogP contribution in [0.4, 0.5) is 11.4 Å². The van der Waals surface area contributed by atoms with Crippen molar-refractivity contribution in [3.63, 3.8) is 0 Å². The first kappa shape index (κ1) is 19.6. The smallest absolute Gasteiger partial charge is 0.337 e. The SMILES string of the molecule is CCOC(=O)[C@@]1(C)C(Br)=C(Nc2ccc(Br)cc2)C(=O)N1c1ccccc1. The minimum atomic E-state index is -1.30. The molecule has 5 nitrogen and oxygen atoms in total. The van der Waals surface area contributed by atoms with Crippen molar-refractivity contribution in [1.82, 2.24) is 0 Å². The molecular weight excluding hydrogens is 476 g/mol. The van der Waals surface area contributed by atoms with Crippen LogP contribution in [0.25, 0.3) is 0 Å². The predicted molar refractivity (Wildman–Crippen MR) is 113 cm³/mol. The van der Waals surface area contributed by atoms with Gasteiger partial charge in [-0.2, -0.15) is 0 Å². The summed E-state index contributed by atoms with van der Waals surface area (Å²) in [5.41, 5.74) is 0.352. The third-order valence-electron chi connectivity index (χ3n) is 4.31. The van der Waals surface area contributed by atoms with Crippen molar-refractivity contribution in [3.05, 3.63) is 69.2 Å². The number of esters is 1. The van der Waals surface area contributed by atoms with Crippen LogP contribution >= 0.6 is 31.9 Å². The van der Waals surface area contributed by atoms with Gasteiger partial charge >= 0.3 is 5.97 Å². The van der Waals surface area contributed by atoms with Gasteiger partial charge in [-0.15, -0.1) is 0 Å². The molecule has 1 atom stereocenters. The van der Waals surface area contributed by atoms with Crippen molar-refractivity contribution in [2.75, 3.05) is 16.8 Å². The lowest BCUT2D eigenvalue weighted by Gasteiger charge is -2.33. The molecule has 0 radical (unpaired) electrons. The highest BCUT2D eigenvalue weighted by atomic mass is 79.9. The number of benzene rings is 2. The maximum Gasteiger partial charge on any atom is 0.337 e. The lowest BCUT2D eigenvalue weighted by Crippen LogP contribution is -2.52. The number of para-hydroxylation sites is 1. The van der Waals surface area contributed by atoms with Crippen LogP contribution in [0.3, 0.4) is 0 Å². The number of nitrogens with zero attached hydrogens (tertiary/aromatic N) is 1. The third kappa shape index (κ3) is 3.53. The Hall–Kier alpha value is -2.12. The van der Waals surface area contributed by atoms with Crippen LogP contribution in [0.15, 0.2) is 69.2 Å². The molecule has 0 saturated heterocycles. The first-order valence-electron chi connectivity index (χ1n) is 8.39. The lowest BCUT2D eigenvalue weighted by molar-refractivity contribution is -0.147. The highest BCUT2D eigenvalue weighted by Crippen LogP contribution is 2.43. The Bertz CT molecular complexity index is 897. The summed E-state index contributed by atoms with van der Waals surface area (Å²) in [5, 5.41) is 3.13. The maximum absolute atomic E-state index is 13.3. The van der Waals surface area contributed by atoms with Crippen LogP contribution in [0.1, 0.15) is 13.8 Å². The van der Waals surface area contributed by atoms with Gasteiger partial charge in [-0.25, -0.2) is 4.79 Å². The number of amides is 1. The van der Waals surface area contributed by atoms with Gasteiger partial charge in [0.1, 0.15) is 5.70 Å². The van der Waals surface area contributed by atoms with Crippen LogP contribution in [-0.4, -0.2) is 24.0 Å². The van der Waals surface area contributed by atoms with Gasteiger partial charge in [0.05, 0.1) is 11.1 Å². The molecule has 0 unspecified atom stereocenters. The number of ether oxygens (including phenoxy) is 1. The molecule has 1 aliphatic rings. The van der Waals surface area contributed by atoms with Gasteiger partial charge in [-0.05, 0) is 66.2 Å². The van der Waals surface area contributed by atoms with E-state index in [2.05, 4.69) is 37.2 Å². The molecule has 0 bridgehead atoms. The average Bonchev–Trinajstić information content (AvgIpc) is 2.86. The van der Waals surface area contributed by atoms with Gasteiger partial charge in [0.2, 0.25) is 0 Å². The van der Waals surface area contributed by atoms with Gasteiger partial charge in [0, 0.05) is 15.8 Å². The van der Waals surface area contributed by atoms with E-state index in [0.29, 0.717) is 15.9 Å². The first-order chi connectivity index (χ1) is 12.9. The van der Waals surface area contributed by atoms with Gasteiger partial charge in [0.25, 0.3) is 5.91 Å². The second kappa shape index (κ2) is 7.86. The fourth-order valence-corrected chi connectivity index (χ4v) is 3.81. The minimum absolute atomic E-state index is 0.223. The summed E-state index contributed by atoms with van der Waals surface area (Å²) in [6.45, 7) is 3.64.